The molecule has 9 heteroatoms. The average molecular weight is 522 g/mol. The Balaban J connectivity index is 2.41. The second kappa shape index (κ2) is 13.8. The fourth-order valence-corrected chi connectivity index (χ4v) is 3.04. The van der Waals surface area contributed by atoms with Gasteiger partial charge in [-0.2, -0.15) is 0 Å². The Bertz CT molecular complexity index is 660. The van der Waals surface area contributed by atoms with E-state index in [1.807, 2.05) is 13.8 Å². The summed E-state index contributed by atoms with van der Waals surface area (Å²) in [5.74, 6) is 0.910. The third-order valence-electron chi connectivity index (χ3n) is 3.18. The van der Waals surface area contributed by atoms with Gasteiger partial charge in [-0.15, -0.1) is 0 Å². The summed E-state index contributed by atoms with van der Waals surface area (Å²) in [7, 11) is 0. The highest BCUT2D eigenvalue weighted by atomic mass is 79.9. The molecule has 1 aromatic rings. The number of ether oxygens (including phenoxy) is 2. The molecule has 1 rings (SSSR count). The Morgan fingerprint density at radius 3 is 2.37 bits per heavy atom. The molecule has 0 saturated carbocycles. The van der Waals surface area contributed by atoms with Crippen LogP contribution in [0.2, 0.25) is 10.0 Å². The van der Waals surface area contributed by atoms with Gasteiger partial charge in [0.05, 0.1) is 21.8 Å². The van der Waals surface area contributed by atoms with Gasteiger partial charge in [0.1, 0.15) is 28.5 Å². The minimum atomic E-state index is 0.128. The highest BCUT2D eigenvalue weighted by molar-refractivity contribution is 9.10. The number of nitrogens with zero attached hydrogens (tertiary/aromatic N) is 1. The van der Waals surface area contributed by atoms with Crippen molar-refractivity contribution in [3.63, 3.8) is 0 Å². The molecule has 0 aromatic heterocycles. The first kappa shape index (κ1) is 24.7. The van der Waals surface area contributed by atoms with E-state index in [0.717, 1.165) is 31.4 Å². The minimum Gasteiger partial charge on any atom is -0.490 e. The topological polar surface area (TPSA) is 40.0 Å². The number of halogens is 5. The second-order valence-electron chi connectivity index (χ2n) is 5.75. The van der Waals surface area contributed by atoms with Crippen LogP contribution in [0.1, 0.15) is 39.5 Å². The lowest BCUT2D eigenvalue weighted by Gasteiger charge is -2.14. The van der Waals surface area contributed by atoms with Gasteiger partial charge < -0.3 is 14.3 Å². The summed E-state index contributed by atoms with van der Waals surface area (Å²) in [4.78, 5) is 5.15. The van der Waals surface area contributed by atoms with E-state index in [-0.39, 0.29) is 11.1 Å². The predicted molar refractivity (Wildman–Crippen MR) is 118 cm³/mol. The third kappa shape index (κ3) is 10.1. The molecule has 0 unspecified atom stereocenters. The van der Waals surface area contributed by atoms with Crippen molar-refractivity contribution in [2.75, 3.05) is 19.8 Å². The van der Waals surface area contributed by atoms with E-state index in [9.17, 15) is 0 Å². The van der Waals surface area contributed by atoms with Crippen molar-refractivity contribution in [1.29, 1.82) is 0 Å². The maximum absolute atomic E-state index is 6.34. The van der Waals surface area contributed by atoms with Crippen molar-refractivity contribution in [2.45, 2.75) is 39.5 Å². The van der Waals surface area contributed by atoms with Crippen molar-refractivity contribution in [1.82, 2.24) is 0 Å². The molecule has 4 nitrogen and oxygen atoms in total. The lowest BCUT2D eigenvalue weighted by Crippen LogP contribution is -2.01. The first-order valence-electron chi connectivity index (χ1n) is 8.40. The Morgan fingerprint density at radius 2 is 1.74 bits per heavy atom. The molecule has 0 N–H and O–H groups in total. The molecule has 0 radical (unpaired) electrons. The molecular weight excluding hydrogens is 500 g/mol. The molecule has 0 amide bonds. The van der Waals surface area contributed by atoms with Gasteiger partial charge in [-0.3, -0.25) is 0 Å². The van der Waals surface area contributed by atoms with Gasteiger partial charge >= 0.3 is 0 Å². The van der Waals surface area contributed by atoms with Gasteiger partial charge in [0.25, 0.3) is 0 Å². The maximum atomic E-state index is 6.34. The average Bonchev–Trinajstić information content (AvgIpc) is 2.59. The Morgan fingerprint density at radius 1 is 1.07 bits per heavy atom. The largest absolute Gasteiger partial charge is 0.490 e. The van der Waals surface area contributed by atoms with Crippen LogP contribution in [-0.4, -0.2) is 25.5 Å². The predicted octanol–water partition coefficient (Wildman–Crippen LogP) is 7.81. The van der Waals surface area contributed by atoms with Gasteiger partial charge in [0, 0.05) is 6.07 Å². The first-order chi connectivity index (χ1) is 12.8. The summed E-state index contributed by atoms with van der Waals surface area (Å²) in [6.45, 7) is 5.14. The van der Waals surface area contributed by atoms with E-state index in [4.69, 9.17) is 60.7 Å². The zero-order chi connectivity index (χ0) is 20.2. The summed E-state index contributed by atoms with van der Waals surface area (Å²) in [5, 5.41) is 4.63. The van der Waals surface area contributed by atoms with E-state index in [1.54, 1.807) is 6.07 Å². The van der Waals surface area contributed by atoms with E-state index >= 15 is 0 Å². The number of benzene rings is 1. The van der Waals surface area contributed by atoms with Gasteiger partial charge in [0.15, 0.2) is 5.75 Å². The third-order valence-corrected chi connectivity index (χ3v) is 5.15. The molecule has 0 atom stereocenters. The highest BCUT2D eigenvalue weighted by Crippen LogP contribution is 2.44. The van der Waals surface area contributed by atoms with Crippen LogP contribution in [0.5, 0.6) is 11.5 Å². The Hall–Kier alpha value is -0.330. The van der Waals surface area contributed by atoms with Gasteiger partial charge in [-0.05, 0) is 61.5 Å². The van der Waals surface area contributed by atoms with Crippen LogP contribution < -0.4 is 9.47 Å². The molecule has 0 saturated heterocycles. The monoisotopic (exact) mass is 519 g/mol. The number of rotatable bonds is 12. The Labute approximate surface area is 188 Å². The van der Waals surface area contributed by atoms with Crippen molar-refractivity contribution >= 4 is 68.0 Å². The van der Waals surface area contributed by atoms with Crippen LogP contribution in [-0.2, 0) is 4.84 Å². The molecule has 0 aliphatic rings. The van der Waals surface area contributed by atoms with Crippen molar-refractivity contribution in [3.05, 3.63) is 31.2 Å². The van der Waals surface area contributed by atoms with Gasteiger partial charge in [0.2, 0.25) is 0 Å². The van der Waals surface area contributed by atoms with E-state index in [1.165, 1.54) is 6.08 Å². The Kier molecular flexibility index (Phi) is 12.6. The summed E-state index contributed by atoms with van der Waals surface area (Å²) in [5.41, 5.74) is 0.916. The molecule has 152 valence electrons. The summed E-state index contributed by atoms with van der Waals surface area (Å²) in [6, 6.07) is 1.64. The minimum absolute atomic E-state index is 0.128. The van der Waals surface area contributed by atoms with Crippen molar-refractivity contribution in [3.8, 4) is 11.5 Å². The molecule has 0 bridgehead atoms. The van der Waals surface area contributed by atoms with Crippen LogP contribution in [0.4, 0.5) is 0 Å². The lowest BCUT2D eigenvalue weighted by molar-refractivity contribution is 0.139. The molecule has 0 fully saturated rings. The van der Waals surface area contributed by atoms with E-state index < -0.39 is 0 Å². The van der Waals surface area contributed by atoms with Gasteiger partial charge in [-0.25, -0.2) is 0 Å². The van der Waals surface area contributed by atoms with E-state index in [0.29, 0.717) is 39.2 Å². The maximum Gasteiger partial charge on any atom is 0.157 e. The van der Waals surface area contributed by atoms with Gasteiger partial charge in [-0.1, -0.05) is 51.6 Å². The van der Waals surface area contributed by atoms with Crippen LogP contribution in [0, 0.1) is 0 Å². The first-order valence-corrected chi connectivity index (χ1v) is 10.7. The molecular formula is C18H22BrCl4NO3. The SMILES string of the molecule is CC(C)=NOCCCCCCOc1c(Cl)cc(OCC=C(Cl)Cl)c(Br)c1Cl. The standard InChI is InChI=1S/C18H22BrCl4NO3/c1-12(2)24-27-9-6-4-3-5-8-26-18-13(20)11-14(16(19)17(18)23)25-10-7-15(21)22/h7,11H,3-6,8-10H2,1-2H3. The zero-order valence-corrected chi connectivity index (χ0v) is 19.8. The van der Waals surface area contributed by atoms with E-state index in [2.05, 4.69) is 21.1 Å². The fraction of sp³-hybridized carbons (Fsp3) is 0.500. The number of hydrogen-bond acceptors (Lipinski definition) is 4. The van der Waals surface area contributed by atoms with Crippen LogP contribution in [0.3, 0.4) is 0 Å². The smallest absolute Gasteiger partial charge is 0.157 e. The summed E-state index contributed by atoms with van der Waals surface area (Å²) >= 11 is 27.1. The lowest BCUT2D eigenvalue weighted by atomic mass is 10.2. The molecule has 0 heterocycles. The number of oxime groups is 1. The molecule has 0 aliphatic heterocycles. The summed E-state index contributed by atoms with van der Waals surface area (Å²) < 4.78 is 12.0. The number of hydrogen-bond donors (Lipinski definition) is 0. The quantitative estimate of drug-likeness (QED) is 0.122. The normalized spacial score (nSPS) is 10.3. The zero-order valence-electron chi connectivity index (χ0n) is 15.2. The second-order valence-corrected chi connectivity index (χ2v) is 8.34. The van der Waals surface area contributed by atoms with Crippen LogP contribution in [0.25, 0.3) is 0 Å². The molecule has 0 aliphatic carbocycles. The molecule has 0 spiro atoms. The molecule has 1 aromatic carbocycles. The highest BCUT2D eigenvalue weighted by Gasteiger charge is 2.16. The van der Waals surface area contributed by atoms with Crippen LogP contribution >= 0.6 is 62.3 Å². The fourth-order valence-electron chi connectivity index (χ4n) is 1.96. The van der Waals surface area contributed by atoms with Crippen LogP contribution in [0.15, 0.2) is 26.3 Å². The van der Waals surface area contributed by atoms with Crippen molar-refractivity contribution < 1.29 is 14.3 Å². The number of unbranched alkanes of at least 4 members (excludes halogenated alkanes) is 3. The molecule has 27 heavy (non-hydrogen) atoms. The summed E-state index contributed by atoms with van der Waals surface area (Å²) in [6.07, 6.45) is 5.41. The van der Waals surface area contributed by atoms with Crippen molar-refractivity contribution in [2.24, 2.45) is 5.16 Å².